The summed E-state index contributed by atoms with van der Waals surface area (Å²) < 4.78 is 0. The van der Waals surface area contributed by atoms with Crippen LogP contribution in [0.3, 0.4) is 0 Å². The molecule has 59 valence electrons. The molecular weight excluding hydrogens is 478 g/mol. The zero-order valence-corrected chi connectivity index (χ0v) is 15.2. The van der Waals surface area contributed by atoms with Gasteiger partial charge in [-0.3, -0.25) is 22.8 Å². The fourth-order valence-corrected chi connectivity index (χ4v) is 0.741. The number of benzene rings is 1. The maximum absolute atomic E-state index is 3.18. The molecule has 0 aliphatic heterocycles. The molecule has 0 atom stereocenters. The molecular formula is C9H10RfRh-2. The van der Waals surface area contributed by atoms with Crippen molar-refractivity contribution in [1.82, 2.24) is 0 Å². The van der Waals surface area contributed by atoms with Crippen LogP contribution in [0.25, 0.3) is 0 Å². The summed E-state index contributed by atoms with van der Waals surface area (Å²) in [7, 11) is 0. The second-order valence-corrected chi connectivity index (χ2v) is 2.35. The first kappa shape index (κ1) is 12.5. The minimum atomic E-state index is 0. The van der Waals surface area contributed by atoms with Gasteiger partial charge in [0.1, 0.15) is 0 Å². The fourth-order valence-electron chi connectivity index (χ4n) is 0.741. The van der Waals surface area contributed by atoms with E-state index in [0.717, 1.165) is 5.56 Å². The SMILES string of the molecule is Cc1[c-]cc(C)c(C)[c-]1.[Rf].[Rh]. The van der Waals surface area contributed by atoms with E-state index in [4.69, 9.17) is 0 Å². The quantitative estimate of drug-likeness (QED) is 0.389. The standard InChI is InChI=1S/C9H10.Rf.Rh/c1-7-4-5-8(2)9(3)6-7;;/h5H,1-3H3;;/q-2;;. The Labute approximate surface area is 75.4 Å². The van der Waals surface area contributed by atoms with Gasteiger partial charge in [0.25, 0.3) is 0 Å². The minimum absolute atomic E-state index is 0. The van der Waals surface area contributed by atoms with E-state index < -0.39 is 0 Å². The molecule has 0 aromatic heterocycles. The van der Waals surface area contributed by atoms with Crippen molar-refractivity contribution in [3.63, 3.8) is 0 Å². The van der Waals surface area contributed by atoms with Crippen LogP contribution >= 0.6 is 0 Å². The van der Waals surface area contributed by atoms with Crippen LogP contribution in [0.4, 0.5) is 0 Å². The molecule has 1 radical (unpaired) electrons. The molecule has 0 bridgehead atoms. The van der Waals surface area contributed by atoms with Gasteiger partial charge in [-0.1, -0.05) is 13.8 Å². The smallest absolute Gasteiger partial charge is 0 e. The van der Waals surface area contributed by atoms with Crippen LogP contribution in [0.2, 0.25) is 0 Å². The molecule has 0 aliphatic carbocycles. The van der Waals surface area contributed by atoms with Gasteiger partial charge in [0.15, 0.2) is 0 Å². The second-order valence-electron chi connectivity index (χ2n) is 2.35. The predicted octanol–water partition coefficient (Wildman–Crippen LogP) is 2.21. The molecule has 0 saturated heterocycles. The first-order valence-electron chi connectivity index (χ1n) is 3.08. The van der Waals surface area contributed by atoms with Gasteiger partial charge in [-0.25, -0.2) is 0 Å². The Kier molecular flexibility index (Phi) is 5.26. The summed E-state index contributed by atoms with van der Waals surface area (Å²) in [4.78, 5) is 0. The Morgan fingerprint density at radius 3 is 2.09 bits per heavy atom. The third kappa shape index (κ3) is 2.95. The first-order valence-corrected chi connectivity index (χ1v) is 3.08. The van der Waals surface area contributed by atoms with Crippen LogP contribution in [0.1, 0.15) is 16.7 Å². The topological polar surface area (TPSA) is 0 Å². The molecule has 0 saturated carbocycles. The van der Waals surface area contributed by atoms with Crippen LogP contribution in [0.15, 0.2) is 6.07 Å². The van der Waals surface area contributed by atoms with Crippen molar-refractivity contribution in [3.05, 3.63) is 34.9 Å². The molecule has 2 heteroatoms. The Hall–Kier alpha value is -1.16. The van der Waals surface area contributed by atoms with E-state index in [1.54, 1.807) is 0 Å². The van der Waals surface area contributed by atoms with Crippen molar-refractivity contribution in [1.29, 1.82) is 0 Å². The van der Waals surface area contributed by atoms with Gasteiger partial charge >= 0.3 is 0 Å². The van der Waals surface area contributed by atoms with E-state index in [9.17, 15) is 0 Å². The van der Waals surface area contributed by atoms with E-state index in [1.807, 2.05) is 13.0 Å². The Balaban J connectivity index is 0. The molecule has 1 aromatic rings. The molecule has 1 aromatic carbocycles. The average molecular weight is 488 g/mol. The summed E-state index contributed by atoms with van der Waals surface area (Å²) in [6, 6.07) is 8.27. The Morgan fingerprint density at radius 2 is 1.73 bits per heavy atom. The molecule has 0 N–H and O–H groups in total. The predicted molar refractivity (Wildman–Crippen MR) is 38.3 cm³/mol. The molecule has 0 unspecified atom stereocenters. The molecule has 0 aliphatic rings. The molecule has 1 rings (SSSR count). The van der Waals surface area contributed by atoms with E-state index in [0.29, 0.717) is 0 Å². The summed E-state index contributed by atoms with van der Waals surface area (Å²) in [5.74, 6) is 0. The van der Waals surface area contributed by atoms with Gasteiger partial charge in [0.2, 0.25) is 0 Å². The maximum atomic E-state index is 3.18. The third-order valence-electron chi connectivity index (χ3n) is 1.47. The summed E-state index contributed by atoms with van der Waals surface area (Å²) in [5, 5.41) is 0. The summed E-state index contributed by atoms with van der Waals surface area (Å²) >= 11 is 0. The number of hydrogen-bond donors (Lipinski definition) is 0. The van der Waals surface area contributed by atoms with Crippen LogP contribution < -0.4 is 0 Å². The molecule has 11 heavy (non-hydrogen) atoms. The van der Waals surface area contributed by atoms with Gasteiger partial charge in [-0.15, -0.1) is 6.92 Å². The number of hydrogen-bond acceptors (Lipinski definition) is 0. The summed E-state index contributed by atoms with van der Waals surface area (Å²) in [5.41, 5.74) is 3.59. The van der Waals surface area contributed by atoms with E-state index >= 15 is 0 Å². The van der Waals surface area contributed by atoms with Crippen LogP contribution in [0, 0.1) is 32.9 Å². The van der Waals surface area contributed by atoms with Crippen LogP contribution in [0.5, 0.6) is 0 Å². The van der Waals surface area contributed by atoms with Gasteiger partial charge < -0.3 is 12.1 Å². The van der Waals surface area contributed by atoms with Crippen molar-refractivity contribution >= 4 is 0 Å². The number of aryl methyl sites for hydroxylation is 3. The zero-order valence-electron chi connectivity index (χ0n) is 7.12. The summed E-state index contributed by atoms with van der Waals surface area (Å²) in [6.07, 6.45) is 0. The van der Waals surface area contributed by atoms with Gasteiger partial charge in [-0.2, -0.15) is 0 Å². The molecule has 0 heterocycles. The first-order chi connectivity index (χ1) is 4.20. The van der Waals surface area contributed by atoms with E-state index in [1.165, 1.54) is 11.1 Å². The molecule has 0 nitrogen and oxygen atoms in total. The zero-order chi connectivity index (χ0) is 6.85. The van der Waals surface area contributed by atoms with Gasteiger partial charge in [0.05, 0.1) is 0 Å². The van der Waals surface area contributed by atoms with E-state index in [2.05, 4.69) is 26.0 Å². The monoisotopic (exact) mass is 488 g/mol. The van der Waals surface area contributed by atoms with Gasteiger partial charge in [0, 0.05) is 19.5 Å². The Bertz CT molecular complexity index is 221. The largest absolute Gasteiger partial charge is 0.356 e. The average Bonchev–Trinajstić information content (AvgIpc) is 1.80. The van der Waals surface area contributed by atoms with Crippen molar-refractivity contribution < 1.29 is 19.5 Å². The van der Waals surface area contributed by atoms with Crippen molar-refractivity contribution in [2.45, 2.75) is 20.8 Å². The normalized spacial score (nSPS) is 7.91. The van der Waals surface area contributed by atoms with Crippen molar-refractivity contribution in [2.24, 2.45) is 0 Å². The van der Waals surface area contributed by atoms with Crippen LogP contribution in [-0.2, 0) is 19.5 Å². The van der Waals surface area contributed by atoms with Gasteiger partial charge in [-0.05, 0) is 0 Å². The maximum Gasteiger partial charge on any atom is 0 e. The molecule has 0 spiro atoms. The van der Waals surface area contributed by atoms with Crippen molar-refractivity contribution in [2.75, 3.05) is 0 Å². The van der Waals surface area contributed by atoms with E-state index in [-0.39, 0.29) is 19.5 Å². The second kappa shape index (κ2) is 4.63. The Morgan fingerprint density at radius 1 is 1.18 bits per heavy atom. The molecule has 0 amide bonds. The molecule has 0 fully saturated rings. The third-order valence-corrected chi connectivity index (χ3v) is 1.47. The summed E-state index contributed by atoms with van der Waals surface area (Å²) in [6.45, 7) is 6.14. The fraction of sp³-hybridized carbons (Fsp3) is 0.333. The van der Waals surface area contributed by atoms with Crippen LogP contribution in [-0.4, -0.2) is 0 Å². The number of rotatable bonds is 0. The van der Waals surface area contributed by atoms with Crippen molar-refractivity contribution in [3.8, 4) is 0 Å². The minimum Gasteiger partial charge on any atom is -0.356 e.